The molecule has 1 heterocycles. The molecule has 27 unspecified atom stereocenters. The number of benzene rings is 1. The second-order valence-electron chi connectivity index (χ2n) is 27.5. The van der Waals surface area contributed by atoms with Crippen molar-refractivity contribution in [3.05, 3.63) is 52.1 Å². The summed E-state index contributed by atoms with van der Waals surface area (Å²) >= 11 is 0. The molecule has 18 rings (SSSR count). The van der Waals surface area contributed by atoms with E-state index in [-0.39, 0.29) is 16.9 Å². The van der Waals surface area contributed by atoms with Crippen molar-refractivity contribution in [2.45, 2.75) is 76.7 Å². The van der Waals surface area contributed by atoms with E-state index in [0.29, 0.717) is 19.8 Å². The van der Waals surface area contributed by atoms with Crippen molar-refractivity contribution >= 4 is 0 Å². The first-order valence-electron chi connectivity index (χ1n) is 29.5. The van der Waals surface area contributed by atoms with Crippen LogP contribution in [0.4, 0.5) is 0 Å². The van der Waals surface area contributed by atoms with Crippen LogP contribution in [-0.2, 0) is 0 Å². The van der Waals surface area contributed by atoms with Gasteiger partial charge < -0.3 is 30.2 Å². The predicted molar refractivity (Wildman–Crippen MR) is 263 cm³/mol. The zero-order chi connectivity index (χ0) is 44.4. The molecule has 14 fully saturated rings. The summed E-state index contributed by atoms with van der Waals surface area (Å²) in [5.41, 5.74) is 9.64. The molecule has 362 valence electrons. The zero-order valence-electron chi connectivity index (χ0n) is 41.6. The highest BCUT2D eigenvalue weighted by molar-refractivity contribution is 5.67. The number of hydrogen-bond donors (Lipinski definition) is 3. The van der Waals surface area contributed by atoms with Crippen LogP contribution in [0.5, 0.6) is 17.2 Å². The number of nitrogens with one attached hydrogen (secondary N) is 3. The average molecular weight is 917 g/mol. The SMILES string of the molecule is CNCCCOc1ccc(C2N(C)CC34C5=C6CCC7C8CCC9C%10CCC%11C%12CCC%13=C(C=C5)C23C2C%13C%12C3C%11C%10C5C9C8C8C7C6C4C4C8C5C3C42)c(OCCCNC)c1OCCCNC. The molecule has 7 heteroatoms. The Hall–Kier alpha value is -2.32. The molecule has 27 atom stereocenters. The Morgan fingerprint density at radius 1 is 0.515 bits per heavy atom. The van der Waals surface area contributed by atoms with Crippen molar-refractivity contribution in [3.63, 3.8) is 0 Å². The fourth-order valence-corrected chi connectivity index (χ4v) is 27.9. The van der Waals surface area contributed by atoms with Gasteiger partial charge in [-0.15, -0.1) is 0 Å². The lowest BCUT2D eigenvalue weighted by Gasteiger charge is -2.69. The second kappa shape index (κ2) is 13.4. The highest BCUT2D eigenvalue weighted by atomic mass is 16.5. The van der Waals surface area contributed by atoms with Crippen LogP contribution in [0.25, 0.3) is 0 Å². The minimum atomic E-state index is 0.0819. The number of likely N-dealkylation sites (tertiary alicyclic amines) is 1. The smallest absolute Gasteiger partial charge is 0.203 e. The molecule has 16 aliphatic carbocycles. The van der Waals surface area contributed by atoms with Crippen molar-refractivity contribution in [2.75, 3.05) is 74.2 Å². The maximum atomic E-state index is 7.41. The summed E-state index contributed by atoms with van der Waals surface area (Å²) in [6.07, 6.45) is 21.0. The lowest BCUT2D eigenvalue weighted by Crippen LogP contribution is -2.67. The van der Waals surface area contributed by atoms with E-state index in [2.05, 4.69) is 66.3 Å². The first kappa shape index (κ1) is 40.2. The van der Waals surface area contributed by atoms with E-state index in [0.717, 1.165) is 198 Å². The third-order valence-corrected chi connectivity index (χ3v) is 27.2. The van der Waals surface area contributed by atoms with Gasteiger partial charge in [-0.05, 0) is 284 Å². The Labute approximate surface area is 406 Å². The molecular weight excluding hydrogens is 837 g/mol. The molecule has 0 aromatic heterocycles. The monoisotopic (exact) mass is 917 g/mol. The van der Waals surface area contributed by atoms with Crippen LogP contribution < -0.4 is 30.2 Å². The van der Waals surface area contributed by atoms with Crippen molar-refractivity contribution in [1.82, 2.24) is 20.9 Å². The normalized spacial score (nSPS) is 55.9. The number of nitrogens with zero attached hydrogens (tertiary/aromatic N) is 1. The van der Waals surface area contributed by atoms with Gasteiger partial charge in [0.15, 0.2) is 11.5 Å². The van der Waals surface area contributed by atoms with Crippen LogP contribution in [0, 0.1) is 153 Å². The third-order valence-electron chi connectivity index (χ3n) is 27.2. The highest BCUT2D eigenvalue weighted by Gasteiger charge is 2.93. The molecule has 7 nitrogen and oxygen atoms in total. The van der Waals surface area contributed by atoms with Crippen LogP contribution in [0.3, 0.4) is 0 Å². The molecule has 0 amide bonds. The maximum Gasteiger partial charge on any atom is 0.203 e. The Morgan fingerprint density at radius 3 is 1.59 bits per heavy atom. The standard InChI is InChI=1S/C61H80N4O3/c1-62-20-5-23-66-38-19-16-35(57(67-24-6-21-63-2)58(38)68-25-7-22-64-3)59-61-37-18-17-36-33-14-12-31-29-10-8-27-28-9-11-30-32-13-15-34(37)46-44(32)49-42(30)40(28)47-39(27)41(29)48-43(31)45(33)55(60(36,61)26-65(59)4)53-51(48)50(47)52(49)54(53)56(46)61/h16-19,27-32,39-56,59,62-64H,5-15,20-26H2,1-4H3. The molecule has 2 spiro atoms. The highest BCUT2D eigenvalue weighted by Crippen LogP contribution is 2.96. The molecule has 1 aromatic carbocycles. The Kier molecular flexibility index (Phi) is 7.95. The van der Waals surface area contributed by atoms with Crippen LogP contribution in [0.15, 0.2) is 46.6 Å². The van der Waals surface area contributed by atoms with E-state index in [9.17, 15) is 0 Å². The van der Waals surface area contributed by atoms with Crippen LogP contribution >= 0.6 is 0 Å². The quantitative estimate of drug-likeness (QED) is 0.143. The molecule has 0 bridgehead atoms. The predicted octanol–water partition coefficient (Wildman–Crippen LogP) is 8.89. The van der Waals surface area contributed by atoms with Crippen LogP contribution in [0.1, 0.15) is 82.2 Å². The van der Waals surface area contributed by atoms with Crippen LogP contribution in [0.2, 0.25) is 0 Å². The van der Waals surface area contributed by atoms with Crippen molar-refractivity contribution in [1.29, 1.82) is 0 Å². The van der Waals surface area contributed by atoms with Crippen LogP contribution in [-0.4, -0.2) is 79.1 Å². The summed E-state index contributed by atoms with van der Waals surface area (Å²) in [7, 11) is 8.81. The number of hydrogen-bond acceptors (Lipinski definition) is 7. The van der Waals surface area contributed by atoms with Gasteiger partial charge in [0, 0.05) is 29.0 Å². The van der Waals surface area contributed by atoms with E-state index in [1.54, 1.807) is 25.7 Å². The Balaban J connectivity index is 0.899. The summed E-state index contributed by atoms with van der Waals surface area (Å²) in [5.74, 6) is 26.9. The fraction of sp³-hybridized carbons (Fsp3) is 0.803. The van der Waals surface area contributed by atoms with Gasteiger partial charge in [-0.25, -0.2) is 0 Å². The van der Waals surface area contributed by atoms with Gasteiger partial charge in [0.2, 0.25) is 5.75 Å². The number of rotatable bonds is 16. The number of fused-ring (bicyclic) bond motifs is 3. The molecule has 13 saturated carbocycles. The topological polar surface area (TPSA) is 67.0 Å². The second-order valence-corrected chi connectivity index (χ2v) is 27.5. The molecule has 0 radical (unpaired) electrons. The van der Waals surface area contributed by atoms with E-state index < -0.39 is 0 Å². The first-order chi connectivity index (χ1) is 33.6. The summed E-state index contributed by atoms with van der Waals surface area (Å²) in [6, 6.07) is 5.18. The van der Waals surface area contributed by atoms with Crippen molar-refractivity contribution in [3.8, 4) is 17.2 Å². The van der Waals surface area contributed by atoms with Crippen molar-refractivity contribution < 1.29 is 14.2 Å². The lowest BCUT2D eigenvalue weighted by molar-refractivity contribution is -0.190. The summed E-state index contributed by atoms with van der Waals surface area (Å²) in [5, 5.41) is 10.2. The lowest BCUT2D eigenvalue weighted by atomic mass is 9.33. The molecule has 3 N–H and O–H groups in total. The molecular formula is C61H80N4O3. The van der Waals surface area contributed by atoms with Gasteiger partial charge in [-0.1, -0.05) is 23.3 Å². The molecule has 17 aliphatic rings. The van der Waals surface area contributed by atoms with Gasteiger partial charge >= 0.3 is 0 Å². The fourth-order valence-electron chi connectivity index (χ4n) is 27.9. The van der Waals surface area contributed by atoms with Gasteiger partial charge in [-0.3, -0.25) is 4.90 Å². The number of ether oxygens (including phenoxy) is 3. The largest absolute Gasteiger partial charge is 0.489 e. The van der Waals surface area contributed by atoms with Gasteiger partial charge in [0.25, 0.3) is 0 Å². The van der Waals surface area contributed by atoms with E-state index in [4.69, 9.17) is 14.2 Å². The summed E-state index contributed by atoms with van der Waals surface area (Å²) < 4.78 is 21.3. The van der Waals surface area contributed by atoms with Crippen molar-refractivity contribution in [2.24, 2.45) is 153 Å². The van der Waals surface area contributed by atoms with Gasteiger partial charge in [-0.2, -0.15) is 0 Å². The Morgan fingerprint density at radius 2 is 0.985 bits per heavy atom. The summed E-state index contributed by atoms with van der Waals surface area (Å²) in [6.45, 7) is 6.06. The third kappa shape index (κ3) is 4.01. The van der Waals surface area contributed by atoms with E-state index in [1.165, 1.54) is 37.8 Å². The van der Waals surface area contributed by atoms with E-state index in [1.807, 2.05) is 29.3 Å². The minimum Gasteiger partial charge on any atom is -0.489 e. The van der Waals surface area contributed by atoms with E-state index >= 15 is 0 Å². The Bertz CT molecular complexity index is 2490. The summed E-state index contributed by atoms with van der Waals surface area (Å²) in [4.78, 5) is 3.02. The average Bonchev–Trinajstić information content (AvgIpc) is 4.21. The molecule has 1 aliphatic heterocycles. The number of allylic oxidation sites excluding steroid dienone is 4. The minimum absolute atomic E-state index is 0.0819. The molecule has 1 aromatic rings. The first-order valence-corrected chi connectivity index (χ1v) is 29.5. The van der Waals surface area contributed by atoms with Gasteiger partial charge in [0.1, 0.15) is 0 Å². The maximum absolute atomic E-state index is 7.41. The molecule has 68 heavy (non-hydrogen) atoms. The zero-order valence-corrected chi connectivity index (χ0v) is 41.6. The van der Waals surface area contributed by atoms with Gasteiger partial charge in [0.05, 0.1) is 19.8 Å². The molecule has 1 saturated heterocycles.